The molecule has 0 saturated carbocycles. The van der Waals surface area contributed by atoms with Crippen molar-refractivity contribution in [3.05, 3.63) is 60.4 Å². The highest BCUT2D eigenvalue weighted by Gasteiger charge is 2.23. The summed E-state index contributed by atoms with van der Waals surface area (Å²) in [4.78, 5) is 12.3. The topological polar surface area (TPSA) is 95.1 Å². The molecule has 146 valence electrons. The molecule has 0 spiro atoms. The van der Waals surface area contributed by atoms with E-state index in [1.54, 1.807) is 6.07 Å². The van der Waals surface area contributed by atoms with E-state index in [1.807, 2.05) is 69.3 Å². The fourth-order valence-electron chi connectivity index (χ4n) is 2.48. The van der Waals surface area contributed by atoms with Crippen molar-refractivity contribution in [2.45, 2.75) is 31.3 Å². The predicted molar refractivity (Wildman–Crippen MR) is 111 cm³/mol. The number of nitrogens with zero attached hydrogens (tertiary/aromatic N) is 3. The zero-order valence-corrected chi connectivity index (χ0v) is 16.9. The standard InChI is InChI=1S/C20H23N5O2S/c1-20(2,3)18-23-24-19(25(18)21)28-13-17(26)22-14-8-7-11-16(12-14)27-15-9-5-4-6-10-15/h4-12H,13,21H2,1-3H3,(H,22,26). The Bertz CT molecular complexity index is 951. The predicted octanol–water partition coefficient (Wildman–Crippen LogP) is 3.81. The largest absolute Gasteiger partial charge is 0.457 e. The van der Waals surface area contributed by atoms with E-state index in [0.717, 1.165) is 5.75 Å². The molecule has 1 aromatic heterocycles. The van der Waals surface area contributed by atoms with Crippen molar-refractivity contribution in [3.63, 3.8) is 0 Å². The molecule has 3 aromatic rings. The molecule has 0 saturated heterocycles. The van der Waals surface area contributed by atoms with Crippen LogP contribution < -0.4 is 15.9 Å². The fraction of sp³-hybridized carbons (Fsp3) is 0.250. The van der Waals surface area contributed by atoms with E-state index >= 15 is 0 Å². The summed E-state index contributed by atoms with van der Waals surface area (Å²) in [5, 5.41) is 11.6. The summed E-state index contributed by atoms with van der Waals surface area (Å²) in [6.07, 6.45) is 0. The number of carbonyl (C=O) groups excluding carboxylic acids is 1. The number of nitrogen functional groups attached to an aromatic ring is 1. The van der Waals surface area contributed by atoms with Crippen LogP contribution in [0.4, 0.5) is 5.69 Å². The molecule has 8 heteroatoms. The van der Waals surface area contributed by atoms with Gasteiger partial charge in [-0.2, -0.15) is 0 Å². The van der Waals surface area contributed by atoms with Crippen molar-refractivity contribution in [3.8, 4) is 11.5 Å². The van der Waals surface area contributed by atoms with Crippen LogP contribution >= 0.6 is 11.8 Å². The van der Waals surface area contributed by atoms with Crippen molar-refractivity contribution in [1.82, 2.24) is 14.9 Å². The van der Waals surface area contributed by atoms with Crippen LogP contribution in [-0.4, -0.2) is 26.5 Å². The first-order valence-corrected chi connectivity index (χ1v) is 9.78. The second-order valence-corrected chi connectivity index (χ2v) is 8.15. The molecule has 0 fully saturated rings. The fourth-order valence-corrected chi connectivity index (χ4v) is 3.13. The second-order valence-electron chi connectivity index (χ2n) is 7.21. The Balaban J connectivity index is 1.58. The summed E-state index contributed by atoms with van der Waals surface area (Å²) in [7, 11) is 0. The highest BCUT2D eigenvalue weighted by atomic mass is 32.2. The second kappa shape index (κ2) is 8.35. The zero-order valence-electron chi connectivity index (χ0n) is 16.0. The Morgan fingerprint density at radius 1 is 1.11 bits per heavy atom. The molecular weight excluding hydrogens is 374 g/mol. The van der Waals surface area contributed by atoms with Crippen molar-refractivity contribution in [2.75, 3.05) is 16.9 Å². The van der Waals surface area contributed by atoms with Crippen LogP contribution in [-0.2, 0) is 10.2 Å². The summed E-state index contributed by atoms with van der Waals surface area (Å²) < 4.78 is 7.22. The number of rotatable bonds is 6. The number of thioether (sulfide) groups is 1. The highest BCUT2D eigenvalue weighted by Crippen LogP contribution is 2.25. The van der Waals surface area contributed by atoms with Gasteiger partial charge in [-0.15, -0.1) is 10.2 Å². The average Bonchev–Trinajstić information content (AvgIpc) is 3.02. The number of ether oxygens (including phenoxy) is 1. The van der Waals surface area contributed by atoms with E-state index in [4.69, 9.17) is 10.6 Å². The van der Waals surface area contributed by atoms with Crippen LogP contribution in [0.25, 0.3) is 0 Å². The number of benzene rings is 2. The first-order valence-electron chi connectivity index (χ1n) is 8.79. The van der Waals surface area contributed by atoms with Gasteiger partial charge < -0.3 is 15.9 Å². The van der Waals surface area contributed by atoms with Gasteiger partial charge in [-0.3, -0.25) is 4.79 Å². The SMILES string of the molecule is CC(C)(C)c1nnc(SCC(=O)Nc2cccc(Oc3ccccc3)c2)n1N. The Hall–Kier alpha value is -3.00. The number of nitrogens with two attached hydrogens (primary N) is 1. The molecule has 3 rings (SSSR count). The Morgan fingerprint density at radius 2 is 1.82 bits per heavy atom. The van der Waals surface area contributed by atoms with Crippen molar-refractivity contribution in [1.29, 1.82) is 0 Å². The first-order chi connectivity index (χ1) is 13.3. The zero-order chi connectivity index (χ0) is 20.1. The summed E-state index contributed by atoms with van der Waals surface area (Å²) in [6.45, 7) is 6.02. The number of carbonyl (C=O) groups is 1. The summed E-state index contributed by atoms with van der Waals surface area (Å²) >= 11 is 1.24. The lowest BCUT2D eigenvalue weighted by atomic mass is 9.96. The molecule has 0 aliphatic heterocycles. The third-order valence-electron chi connectivity index (χ3n) is 3.76. The minimum atomic E-state index is -0.220. The Kier molecular flexibility index (Phi) is 5.89. The van der Waals surface area contributed by atoms with Crippen LogP contribution in [0.5, 0.6) is 11.5 Å². The van der Waals surface area contributed by atoms with Crippen LogP contribution in [0.15, 0.2) is 59.8 Å². The number of amides is 1. The molecule has 0 bridgehead atoms. The molecule has 3 N–H and O–H groups in total. The minimum Gasteiger partial charge on any atom is -0.457 e. The number of nitrogens with one attached hydrogen (secondary N) is 1. The van der Waals surface area contributed by atoms with Crippen LogP contribution in [0.2, 0.25) is 0 Å². The smallest absolute Gasteiger partial charge is 0.234 e. The number of hydrogen-bond donors (Lipinski definition) is 2. The molecule has 1 heterocycles. The highest BCUT2D eigenvalue weighted by molar-refractivity contribution is 7.99. The maximum Gasteiger partial charge on any atom is 0.234 e. The van der Waals surface area contributed by atoms with Gasteiger partial charge in [-0.05, 0) is 24.3 Å². The lowest BCUT2D eigenvalue weighted by Crippen LogP contribution is -2.24. The van der Waals surface area contributed by atoms with Crippen LogP contribution in [0, 0.1) is 0 Å². The van der Waals surface area contributed by atoms with E-state index < -0.39 is 0 Å². The van der Waals surface area contributed by atoms with E-state index in [1.165, 1.54) is 16.4 Å². The van der Waals surface area contributed by atoms with Gasteiger partial charge in [0.25, 0.3) is 0 Å². The van der Waals surface area contributed by atoms with Gasteiger partial charge in [-0.1, -0.05) is 56.8 Å². The Labute approximate surface area is 168 Å². The van der Waals surface area contributed by atoms with Gasteiger partial charge in [-0.25, -0.2) is 4.68 Å². The van der Waals surface area contributed by atoms with Crippen molar-refractivity contribution in [2.24, 2.45) is 0 Å². The van der Waals surface area contributed by atoms with Gasteiger partial charge >= 0.3 is 0 Å². The number of para-hydroxylation sites is 1. The molecule has 28 heavy (non-hydrogen) atoms. The van der Waals surface area contributed by atoms with E-state index in [9.17, 15) is 4.79 Å². The molecule has 0 radical (unpaired) electrons. The average molecular weight is 398 g/mol. The molecule has 7 nitrogen and oxygen atoms in total. The molecule has 0 unspecified atom stereocenters. The summed E-state index contributed by atoms with van der Waals surface area (Å²) in [6, 6.07) is 16.7. The lowest BCUT2D eigenvalue weighted by molar-refractivity contribution is -0.113. The molecule has 2 aromatic carbocycles. The third kappa shape index (κ3) is 5.04. The number of aromatic nitrogens is 3. The lowest BCUT2D eigenvalue weighted by Gasteiger charge is -2.16. The maximum atomic E-state index is 12.3. The summed E-state index contributed by atoms with van der Waals surface area (Å²) in [5.74, 6) is 8.10. The van der Waals surface area contributed by atoms with E-state index in [0.29, 0.717) is 22.4 Å². The quantitative estimate of drug-likeness (QED) is 0.485. The molecule has 0 aliphatic carbocycles. The van der Waals surface area contributed by atoms with Gasteiger partial charge in [0.15, 0.2) is 5.82 Å². The van der Waals surface area contributed by atoms with Gasteiger partial charge in [0.2, 0.25) is 11.1 Å². The maximum absolute atomic E-state index is 12.3. The van der Waals surface area contributed by atoms with E-state index in [-0.39, 0.29) is 17.1 Å². The van der Waals surface area contributed by atoms with Gasteiger partial charge in [0.05, 0.1) is 5.75 Å². The van der Waals surface area contributed by atoms with Crippen molar-refractivity contribution >= 4 is 23.4 Å². The van der Waals surface area contributed by atoms with E-state index in [2.05, 4.69) is 15.5 Å². The molecule has 1 amide bonds. The normalized spacial score (nSPS) is 11.2. The Morgan fingerprint density at radius 3 is 2.50 bits per heavy atom. The number of hydrogen-bond acceptors (Lipinski definition) is 6. The molecule has 0 atom stereocenters. The molecular formula is C20H23N5O2S. The monoisotopic (exact) mass is 397 g/mol. The minimum absolute atomic E-state index is 0.165. The van der Waals surface area contributed by atoms with Crippen molar-refractivity contribution < 1.29 is 9.53 Å². The van der Waals surface area contributed by atoms with Gasteiger partial charge in [0.1, 0.15) is 11.5 Å². The third-order valence-corrected chi connectivity index (χ3v) is 4.71. The van der Waals surface area contributed by atoms with Crippen LogP contribution in [0.1, 0.15) is 26.6 Å². The molecule has 0 aliphatic rings. The first kappa shape index (κ1) is 19.8. The number of anilines is 1. The van der Waals surface area contributed by atoms with Gasteiger partial charge in [0, 0.05) is 17.2 Å². The summed E-state index contributed by atoms with van der Waals surface area (Å²) in [5.41, 5.74) is 0.436. The van der Waals surface area contributed by atoms with Crippen LogP contribution in [0.3, 0.4) is 0 Å².